The lowest BCUT2D eigenvalue weighted by atomic mass is 9.81. The molecule has 1 aromatic heterocycles. The summed E-state index contributed by atoms with van der Waals surface area (Å²) < 4.78 is 0. The minimum Gasteiger partial charge on any atom is -0.228 e. The smallest absolute Gasteiger partial charge is 0.160 e. The van der Waals surface area contributed by atoms with Gasteiger partial charge < -0.3 is 0 Å². The van der Waals surface area contributed by atoms with Gasteiger partial charge in [-0.05, 0) is 95.0 Å². The van der Waals surface area contributed by atoms with Crippen LogP contribution in [0.25, 0.3) is 99.6 Å². The second kappa shape index (κ2) is 13.0. The molecular formula is C55H38N2. The van der Waals surface area contributed by atoms with Gasteiger partial charge in [0.05, 0.1) is 11.4 Å². The molecule has 268 valence electrons. The number of hydrogen-bond donors (Lipinski definition) is 0. The van der Waals surface area contributed by atoms with Gasteiger partial charge in [0, 0.05) is 22.1 Å². The van der Waals surface area contributed by atoms with Crippen molar-refractivity contribution in [3.63, 3.8) is 0 Å². The molecular weight excluding hydrogens is 689 g/mol. The average Bonchev–Trinajstić information content (AvgIpc) is 3.50. The molecule has 1 heterocycles. The van der Waals surface area contributed by atoms with E-state index in [4.69, 9.17) is 9.97 Å². The van der Waals surface area contributed by atoms with E-state index in [1.165, 1.54) is 66.1 Å². The van der Waals surface area contributed by atoms with Crippen LogP contribution in [0.1, 0.15) is 25.0 Å². The summed E-state index contributed by atoms with van der Waals surface area (Å²) in [6, 6.07) is 70.1. The van der Waals surface area contributed by atoms with Crippen molar-refractivity contribution < 1.29 is 0 Å². The molecule has 0 spiro atoms. The van der Waals surface area contributed by atoms with Crippen molar-refractivity contribution in [3.05, 3.63) is 205 Å². The zero-order chi connectivity index (χ0) is 38.1. The molecule has 0 unspecified atom stereocenters. The number of nitrogens with zero attached hydrogens (tertiary/aromatic N) is 2. The van der Waals surface area contributed by atoms with Gasteiger partial charge in [-0.2, -0.15) is 0 Å². The van der Waals surface area contributed by atoms with Gasteiger partial charge >= 0.3 is 0 Å². The van der Waals surface area contributed by atoms with Crippen LogP contribution in [0, 0.1) is 0 Å². The van der Waals surface area contributed by atoms with E-state index in [9.17, 15) is 0 Å². The molecule has 0 saturated heterocycles. The molecule has 0 aliphatic heterocycles. The Hall–Kier alpha value is -7.16. The van der Waals surface area contributed by atoms with Crippen LogP contribution in [0.5, 0.6) is 0 Å². The van der Waals surface area contributed by atoms with Crippen LogP contribution in [0.4, 0.5) is 0 Å². The maximum atomic E-state index is 5.32. The molecule has 0 amide bonds. The van der Waals surface area contributed by atoms with Crippen molar-refractivity contribution in [2.45, 2.75) is 19.3 Å². The monoisotopic (exact) mass is 726 g/mol. The Labute approximate surface area is 332 Å². The number of hydrogen-bond acceptors (Lipinski definition) is 2. The van der Waals surface area contributed by atoms with E-state index in [1.54, 1.807) is 0 Å². The van der Waals surface area contributed by atoms with Gasteiger partial charge in [0.25, 0.3) is 0 Å². The predicted molar refractivity (Wildman–Crippen MR) is 239 cm³/mol. The summed E-state index contributed by atoms with van der Waals surface area (Å²) in [6.45, 7) is 4.74. The zero-order valence-corrected chi connectivity index (χ0v) is 31.9. The van der Waals surface area contributed by atoms with E-state index >= 15 is 0 Å². The normalized spacial score (nSPS) is 12.9. The number of rotatable bonds is 5. The third-order valence-electron chi connectivity index (χ3n) is 12.1. The quantitative estimate of drug-likeness (QED) is 0.176. The van der Waals surface area contributed by atoms with Crippen molar-refractivity contribution in [2.75, 3.05) is 0 Å². The third-order valence-corrected chi connectivity index (χ3v) is 12.1. The first-order valence-electron chi connectivity index (χ1n) is 19.7. The SMILES string of the molecule is CC1(C)c2cc3ccccc3cc2-c2c(-c3ccc(-c4cc(-c5ccc(-c6ccccc6)c6ccccc56)nc(-c5ccccc5)n4)c4ccccc34)cccc21. The van der Waals surface area contributed by atoms with Crippen LogP contribution >= 0.6 is 0 Å². The van der Waals surface area contributed by atoms with Gasteiger partial charge in [-0.25, -0.2) is 9.97 Å². The molecule has 2 nitrogen and oxygen atoms in total. The van der Waals surface area contributed by atoms with E-state index < -0.39 is 0 Å². The van der Waals surface area contributed by atoms with Crippen LogP contribution in [-0.4, -0.2) is 9.97 Å². The van der Waals surface area contributed by atoms with Gasteiger partial charge in [-0.15, -0.1) is 0 Å². The largest absolute Gasteiger partial charge is 0.228 e. The summed E-state index contributed by atoms with van der Waals surface area (Å²) in [6.07, 6.45) is 0. The summed E-state index contributed by atoms with van der Waals surface area (Å²) in [5.74, 6) is 0.708. The Morgan fingerprint density at radius 3 is 1.46 bits per heavy atom. The van der Waals surface area contributed by atoms with Crippen molar-refractivity contribution >= 4 is 32.3 Å². The summed E-state index contributed by atoms with van der Waals surface area (Å²) >= 11 is 0. The standard InChI is InChI=1S/C55H38N2/c1-55(2)49-27-15-26-47(53(49)48-32-37-20-9-10-21-38(37)33-50(48)55)44-29-31-46(43-25-14-12-23-41(43)44)52-34-51(56-54(57-52)36-18-7-4-8-19-36)45-30-28-39(35-16-5-3-6-17-35)40-22-11-13-24-42(40)45/h3-34H,1-2H3. The fraction of sp³-hybridized carbons (Fsp3) is 0.0545. The van der Waals surface area contributed by atoms with Crippen molar-refractivity contribution in [1.29, 1.82) is 0 Å². The second-order valence-corrected chi connectivity index (χ2v) is 15.7. The Morgan fingerprint density at radius 1 is 0.333 bits per heavy atom. The van der Waals surface area contributed by atoms with Crippen LogP contribution in [0.2, 0.25) is 0 Å². The Morgan fingerprint density at radius 2 is 0.825 bits per heavy atom. The first kappa shape index (κ1) is 33.2. The molecule has 0 radical (unpaired) electrons. The molecule has 0 N–H and O–H groups in total. The van der Waals surface area contributed by atoms with E-state index in [2.05, 4.69) is 202 Å². The van der Waals surface area contributed by atoms with Gasteiger partial charge in [0.2, 0.25) is 0 Å². The molecule has 0 saturated carbocycles. The van der Waals surface area contributed by atoms with E-state index in [0.717, 1.165) is 38.9 Å². The molecule has 2 heteroatoms. The molecule has 1 aliphatic carbocycles. The van der Waals surface area contributed by atoms with Gasteiger partial charge in [0.15, 0.2) is 5.82 Å². The van der Waals surface area contributed by atoms with E-state index in [-0.39, 0.29) is 5.41 Å². The molecule has 10 aromatic rings. The van der Waals surface area contributed by atoms with Gasteiger partial charge in [0.1, 0.15) is 0 Å². The maximum absolute atomic E-state index is 5.32. The number of aromatic nitrogens is 2. The van der Waals surface area contributed by atoms with E-state index in [1.807, 2.05) is 6.07 Å². The van der Waals surface area contributed by atoms with Crippen LogP contribution in [0.15, 0.2) is 194 Å². The summed E-state index contributed by atoms with van der Waals surface area (Å²) in [7, 11) is 0. The minimum atomic E-state index is -0.116. The van der Waals surface area contributed by atoms with Gasteiger partial charge in [-0.3, -0.25) is 0 Å². The summed E-state index contributed by atoms with van der Waals surface area (Å²) in [5.41, 5.74) is 15.1. The molecule has 11 rings (SSSR count). The number of benzene rings is 9. The third kappa shape index (κ3) is 5.33. The highest BCUT2D eigenvalue weighted by Gasteiger charge is 2.37. The first-order valence-corrected chi connectivity index (χ1v) is 19.7. The Balaban J connectivity index is 1.12. The Kier molecular flexibility index (Phi) is 7.55. The Bertz CT molecular complexity index is 3200. The van der Waals surface area contributed by atoms with E-state index in [0.29, 0.717) is 5.82 Å². The van der Waals surface area contributed by atoms with Crippen molar-refractivity contribution in [1.82, 2.24) is 9.97 Å². The number of fused-ring (bicyclic) bond motifs is 6. The molecule has 0 atom stereocenters. The first-order chi connectivity index (χ1) is 28.0. The molecule has 1 aliphatic rings. The van der Waals surface area contributed by atoms with Crippen molar-refractivity contribution in [2.24, 2.45) is 0 Å². The average molecular weight is 727 g/mol. The minimum absolute atomic E-state index is 0.116. The molecule has 0 fully saturated rings. The predicted octanol–water partition coefficient (Wildman–Crippen LogP) is 14.6. The molecule has 57 heavy (non-hydrogen) atoms. The zero-order valence-electron chi connectivity index (χ0n) is 31.9. The maximum Gasteiger partial charge on any atom is 0.160 e. The lowest BCUT2D eigenvalue weighted by molar-refractivity contribution is 0.661. The highest BCUT2D eigenvalue weighted by Crippen LogP contribution is 2.54. The highest BCUT2D eigenvalue weighted by atomic mass is 14.9. The summed E-state index contributed by atoms with van der Waals surface area (Å²) in [5, 5.41) is 7.28. The fourth-order valence-corrected chi connectivity index (χ4v) is 9.29. The van der Waals surface area contributed by atoms with Crippen LogP contribution in [0.3, 0.4) is 0 Å². The van der Waals surface area contributed by atoms with Crippen LogP contribution in [-0.2, 0) is 5.41 Å². The van der Waals surface area contributed by atoms with Crippen LogP contribution < -0.4 is 0 Å². The highest BCUT2D eigenvalue weighted by molar-refractivity contribution is 6.09. The topological polar surface area (TPSA) is 25.8 Å². The fourth-order valence-electron chi connectivity index (χ4n) is 9.29. The van der Waals surface area contributed by atoms with Gasteiger partial charge in [-0.1, -0.05) is 190 Å². The second-order valence-electron chi connectivity index (χ2n) is 15.7. The summed E-state index contributed by atoms with van der Waals surface area (Å²) in [4.78, 5) is 10.6. The van der Waals surface area contributed by atoms with Crippen molar-refractivity contribution in [3.8, 4) is 67.3 Å². The lowest BCUT2D eigenvalue weighted by Gasteiger charge is -2.22. The molecule has 0 bridgehead atoms. The molecule has 9 aromatic carbocycles. The lowest BCUT2D eigenvalue weighted by Crippen LogP contribution is -2.14.